The topological polar surface area (TPSA) is 87.7 Å². The molecule has 0 unspecified atom stereocenters. The van der Waals surface area contributed by atoms with E-state index in [2.05, 4.69) is 10.6 Å². The van der Waals surface area contributed by atoms with Crippen LogP contribution in [0.4, 0.5) is 4.79 Å². The summed E-state index contributed by atoms with van der Waals surface area (Å²) in [5.41, 5.74) is 2.13. The molecule has 0 aromatic heterocycles. The largest absolute Gasteiger partial charge is 0.496 e. The third-order valence-corrected chi connectivity index (χ3v) is 2.80. The summed E-state index contributed by atoms with van der Waals surface area (Å²) in [5.74, 6) is -0.106. The molecule has 6 nitrogen and oxygen atoms in total. The summed E-state index contributed by atoms with van der Waals surface area (Å²) in [6.45, 7) is 2.57. The molecule has 2 amide bonds. The number of carbonyl (C=O) groups excluding carboxylic acids is 1. The van der Waals surface area contributed by atoms with Crippen LogP contribution in [0.3, 0.4) is 0 Å². The fraction of sp³-hybridized carbons (Fsp3) is 0.429. The fourth-order valence-electron chi connectivity index (χ4n) is 1.69. The van der Waals surface area contributed by atoms with E-state index in [0.717, 1.165) is 16.9 Å². The zero-order valence-electron chi connectivity index (χ0n) is 11.7. The first-order valence-corrected chi connectivity index (χ1v) is 6.40. The van der Waals surface area contributed by atoms with E-state index < -0.39 is 5.97 Å². The number of methoxy groups -OCH3 is 1. The Hall–Kier alpha value is -2.24. The van der Waals surface area contributed by atoms with Gasteiger partial charge < -0.3 is 20.5 Å². The highest BCUT2D eigenvalue weighted by Crippen LogP contribution is 2.18. The van der Waals surface area contributed by atoms with E-state index in [0.29, 0.717) is 13.0 Å². The van der Waals surface area contributed by atoms with Crippen molar-refractivity contribution < 1.29 is 19.4 Å². The number of nitrogens with one attached hydrogen (secondary N) is 2. The van der Waals surface area contributed by atoms with Crippen LogP contribution in [0.5, 0.6) is 5.75 Å². The minimum absolute atomic E-state index is 0.0808. The van der Waals surface area contributed by atoms with Crippen molar-refractivity contribution in [3.05, 3.63) is 29.3 Å². The quantitative estimate of drug-likeness (QED) is 0.703. The Morgan fingerprint density at radius 3 is 2.60 bits per heavy atom. The number of urea groups is 1. The van der Waals surface area contributed by atoms with Gasteiger partial charge in [0.25, 0.3) is 0 Å². The Morgan fingerprint density at radius 2 is 1.95 bits per heavy atom. The molecule has 0 radical (unpaired) electrons. The van der Waals surface area contributed by atoms with E-state index in [1.54, 1.807) is 7.11 Å². The van der Waals surface area contributed by atoms with Crippen molar-refractivity contribution in [3.63, 3.8) is 0 Å². The number of benzene rings is 1. The van der Waals surface area contributed by atoms with Crippen LogP contribution in [0.1, 0.15) is 17.5 Å². The van der Waals surface area contributed by atoms with Crippen LogP contribution in [0.2, 0.25) is 0 Å². The number of ether oxygens (including phenoxy) is 1. The second-order valence-electron chi connectivity index (χ2n) is 4.38. The van der Waals surface area contributed by atoms with Gasteiger partial charge in [-0.3, -0.25) is 4.79 Å². The Labute approximate surface area is 118 Å². The van der Waals surface area contributed by atoms with Crippen molar-refractivity contribution in [2.45, 2.75) is 19.8 Å². The molecule has 0 spiro atoms. The number of aliphatic carboxylic acids is 1. The zero-order chi connectivity index (χ0) is 15.0. The van der Waals surface area contributed by atoms with Crippen molar-refractivity contribution in [1.29, 1.82) is 0 Å². The molecule has 110 valence electrons. The van der Waals surface area contributed by atoms with Gasteiger partial charge >= 0.3 is 12.0 Å². The summed E-state index contributed by atoms with van der Waals surface area (Å²) in [6, 6.07) is 5.55. The van der Waals surface area contributed by atoms with Crippen LogP contribution in [-0.4, -0.2) is 37.3 Å². The first-order valence-electron chi connectivity index (χ1n) is 6.40. The van der Waals surface area contributed by atoms with Gasteiger partial charge in [0.05, 0.1) is 13.5 Å². The Morgan fingerprint density at radius 1 is 1.25 bits per heavy atom. The molecule has 1 rings (SSSR count). The molecule has 0 saturated carbocycles. The maximum absolute atomic E-state index is 11.4. The number of hydrogen-bond donors (Lipinski definition) is 3. The minimum atomic E-state index is -0.933. The molecule has 0 saturated heterocycles. The maximum atomic E-state index is 11.4. The lowest BCUT2D eigenvalue weighted by Crippen LogP contribution is -2.37. The fourth-order valence-corrected chi connectivity index (χ4v) is 1.69. The molecule has 1 aromatic carbocycles. The first kappa shape index (κ1) is 15.8. The van der Waals surface area contributed by atoms with Crippen LogP contribution in [0, 0.1) is 6.92 Å². The van der Waals surface area contributed by atoms with Crippen molar-refractivity contribution in [1.82, 2.24) is 10.6 Å². The highest BCUT2D eigenvalue weighted by Gasteiger charge is 2.03. The third-order valence-electron chi connectivity index (χ3n) is 2.80. The van der Waals surface area contributed by atoms with Gasteiger partial charge in [-0.15, -0.1) is 0 Å². The second kappa shape index (κ2) is 8.04. The number of carbonyl (C=O) groups is 2. The monoisotopic (exact) mass is 280 g/mol. The number of amides is 2. The zero-order valence-corrected chi connectivity index (χ0v) is 11.7. The van der Waals surface area contributed by atoms with Crippen LogP contribution < -0.4 is 15.4 Å². The molecular weight excluding hydrogens is 260 g/mol. The second-order valence-corrected chi connectivity index (χ2v) is 4.38. The molecule has 0 aliphatic rings. The molecule has 0 aliphatic heterocycles. The van der Waals surface area contributed by atoms with E-state index in [-0.39, 0.29) is 19.0 Å². The smallest absolute Gasteiger partial charge is 0.314 e. The standard InChI is InChI=1S/C14H20N2O4/c1-10-3-4-11(9-12(10)20-2)5-7-15-14(19)16-8-6-13(17)18/h3-4,9H,5-8H2,1-2H3,(H,17,18)(H2,15,16,19). The van der Waals surface area contributed by atoms with Gasteiger partial charge in [-0.2, -0.15) is 0 Å². The number of carboxylic acids is 1. The summed E-state index contributed by atoms with van der Waals surface area (Å²) in [5, 5.41) is 13.6. The molecule has 20 heavy (non-hydrogen) atoms. The summed E-state index contributed by atoms with van der Waals surface area (Å²) < 4.78 is 5.23. The van der Waals surface area contributed by atoms with Gasteiger partial charge in [-0.05, 0) is 30.5 Å². The highest BCUT2D eigenvalue weighted by molar-refractivity contribution is 5.74. The lowest BCUT2D eigenvalue weighted by atomic mass is 10.1. The van der Waals surface area contributed by atoms with Gasteiger partial charge in [0.1, 0.15) is 5.75 Å². The average molecular weight is 280 g/mol. The summed E-state index contributed by atoms with van der Waals surface area (Å²) >= 11 is 0. The van der Waals surface area contributed by atoms with Crippen LogP contribution in [0.15, 0.2) is 18.2 Å². The lowest BCUT2D eigenvalue weighted by molar-refractivity contribution is -0.136. The van der Waals surface area contributed by atoms with Crippen molar-refractivity contribution >= 4 is 12.0 Å². The van der Waals surface area contributed by atoms with Gasteiger partial charge in [-0.1, -0.05) is 12.1 Å². The number of rotatable bonds is 7. The van der Waals surface area contributed by atoms with Gasteiger partial charge in [-0.25, -0.2) is 4.79 Å². The molecule has 0 fully saturated rings. The minimum Gasteiger partial charge on any atom is -0.496 e. The lowest BCUT2D eigenvalue weighted by Gasteiger charge is -2.09. The number of carboxylic acid groups (broad SMARTS) is 1. The molecule has 3 N–H and O–H groups in total. The van der Waals surface area contributed by atoms with Crippen molar-refractivity contribution in [2.75, 3.05) is 20.2 Å². The molecule has 0 heterocycles. The normalized spacial score (nSPS) is 9.90. The summed E-state index contributed by atoms with van der Waals surface area (Å²) in [7, 11) is 1.63. The Kier molecular flexibility index (Phi) is 6.36. The summed E-state index contributed by atoms with van der Waals surface area (Å²) in [4.78, 5) is 21.6. The highest BCUT2D eigenvalue weighted by atomic mass is 16.5. The Bertz CT molecular complexity index is 474. The van der Waals surface area contributed by atoms with Gasteiger partial charge in [0.15, 0.2) is 0 Å². The van der Waals surface area contributed by atoms with Crippen LogP contribution in [0.25, 0.3) is 0 Å². The molecule has 1 aromatic rings. The van der Waals surface area contributed by atoms with Gasteiger partial charge in [0.2, 0.25) is 0 Å². The van der Waals surface area contributed by atoms with E-state index >= 15 is 0 Å². The molecule has 0 aliphatic carbocycles. The predicted molar refractivity (Wildman–Crippen MR) is 75.1 cm³/mol. The summed E-state index contributed by atoms with van der Waals surface area (Å²) in [6.07, 6.45) is 0.603. The van der Waals surface area contributed by atoms with E-state index in [1.165, 1.54) is 0 Å². The maximum Gasteiger partial charge on any atom is 0.314 e. The first-order chi connectivity index (χ1) is 9.52. The van der Waals surface area contributed by atoms with Crippen molar-refractivity contribution in [2.24, 2.45) is 0 Å². The van der Waals surface area contributed by atoms with Crippen LogP contribution >= 0.6 is 0 Å². The van der Waals surface area contributed by atoms with E-state index in [9.17, 15) is 9.59 Å². The molecule has 0 bridgehead atoms. The number of aryl methyl sites for hydroxylation is 1. The molecule has 0 atom stereocenters. The Balaban J connectivity index is 2.30. The van der Waals surface area contributed by atoms with E-state index in [1.807, 2.05) is 25.1 Å². The third kappa shape index (κ3) is 5.60. The molecule has 6 heteroatoms. The van der Waals surface area contributed by atoms with Gasteiger partial charge in [0, 0.05) is 13.1 Å². The average Bonchev–Trinajstić information content (AvgIpc) is 2.40. The molecular formula is C14H20N2O4. The predicted octanol–water partition coefficient (Wildman–Crippen LogP) is 1.32. The van der Waals surface area contributed by atoms with Crippen molar-refractivity contribution in [3.8, 4) is 5.75 Å². The number of hydrogen-bond acceptors (Lipinski definition) is 3. The SMILES string of the molecule is COc1cc(CCNC(=O)NCCC(=O)O)ccc1C. The van der Waals surface area contributed by atoms with E-state index in [4.69, 9.17) is 9.84 Å². The van der Waals surface area contributed by atoms with Crippen LogP contribution in [-0.2, 0) is 11.2 Å².